The van der Waals surface area contributed by atoms with Gasteiger partial charge in [0.05, 0.1) is 6.10 Å². The maximum atomic E-state index is 12.1. The Morgan fingerprint density at radius 1 is 1.19 bits per heavy atom. The van der Waals surface area contributed by atoms with E-state index in [1.54, 1.807) is 30.3 Å². The third kappa shape index (κ3) is 4.82. The summed E-state index contributed by atoms with van der Waals surface area (Å²) in [6.45, 7) is 5.34. The number of hydrogen-bond acceptors (Lipinski definition) is 5. The normalized spacial score (nSPS) is 14.9. The van der Waals surface area contributed by atoms with Gasteiger partial charge in [0, 0.05) is 18.2 Å². The van der Waals surface area contributed by atoms with Crippen molar-refractivity contribution in [2.45, 2.75) is 26.9 Å². The molecule has 27 heavy (non-hydrogen) atoms. The van der Waals surface area contributed by atoms with Gasteiger partial charge in [-0.3, -0.25) is 4.79 Å². The number of cyclic esters (lactones) is 1. The summed E-state index contributed by atoms with van der Waals surface area (Å²) in [4.78, 5) is 27.5. The summed E-state index contributed by atoms with van der Waals surface area (Å²) in [5.74, 6) is 0.297. The molecule has 6 heteroatoms. The van der Waals surface area contributed by atoms with Crippen molar-refractivity contribution in [2.24, 2.45) is 4.99 Å². The van der Waals surface area contributed by atoms with Crippen molar-refractivity contribution in [3.8, 4) is 5.75 Å². The van der Waals surface area contributed by atoms with E-state index in [0.29, 0.717) is 11.3 Å². The van der Waals surface area contributed by atoms with E-state index in [0.717, 1.165) is 11.3 Å². The SMILES string of the molecule is CC(=O)Nc1ccc(C2=N/C(=C\c3cccc(OC(C)C)c3)C(=O)O2)cc1. The highest BCUT2D eigenvalue weighted by Crippen LogP contribution is 2.22. The van der Waals surface area contributed by atoms with Gasteiger partial charge in [0.2, 0.25) is 11.8 Å². The fourth-order valence-corrected chi connectivity index (χ4v) is 2.54. The minimum Gasteiger partial charge on any atom is -0.491 e. The molecule has 1 amide bonds. The maximum Gasteiger partial charge on any atom is 0.363 e. The van der Waals surface area contributed by atoms with Crippen molar-refractivity contribution in [3.05, 3.63) is 65.4 Å². The highest BCUT2D eigenvalue weighted by Gasteiger charge is 2.24. The second-order valence-corrected chi connectivity index (χ2v) is 6.33. The topological polar surface area (TPSA) is 77.0 Å². The molecule has 138 valence electrons. The quantitative estimate of drug-likeness (QED) is 0.647. The van der Waals surface area contributed by atoms with Crippen molar-refractivity contribution >= 4 is 29.5 Å². The van der Waals surface area contributed by atoms with Crippen LogP contribution >= 0.6 is 0 Å². The summed E-state index contributed by atoms with van der Waals surface area (Å²) in [7, 11) is 0. The summed E-state index contributed by atoms with van der Waals surface area (Å²) < 4.78 is 10.9. The van der Waals surface area contributed by atoms with Gasteiger partial charge in [0.15, 0.2) is 5.70 Å². The zero-order valence-corrected chi connectivity index (χ0v) is 15.4. The minimum atomic E-state index is -0.508. The van der Waals surface area contributed by atoms with Crippen LogP contribution in [0, 0.1) is 0 Å². The molecule has 3 rings (SSSR count). The van der Waals surface area contributed by atoms with Gasteiger partial charge in [-0.1, -0.05) is 12.1 Å². The number of anilines is 1. The van der Waals surface area contributed by atoms with Crippen LogP contribution in [0.25, 0.3) is 6.08 Å². The average Bonchev–Trinajstić information content (AvgIpc) is 2.95. The molecule has 2 aromatic rings. The second kappa shape index (κ2) is 7.86. The molecule has 0 unspecified atom stereocenters. The molecule has 1 aliphatic heterocycles. The maximum absolute atomic E-state index is 12.1. The Hall–Kier alpha value is -3.41. The van der Waals surface area contributed by atoms with E-state index in [4.69, 9.17) is 9.47 Å². The smallest absolute Gasteiger partial charge is 0.363 e. The Labute approximate surface area is 157 Å². The number of aliphatic imine (C=N–C) groups is 1. The van der Waals surface area contributed by atoms with Crippen molar-refractivity contribution in [1.82, 2.24) is 0 Å². The molecule has 0 spiro atoms. The lowest BCUT2D eigenvalue weighted by atomic mass is 10.2. The molecule has 0 bridgehead atoms. The predicted octanol–water partition coefficient (Wildman–Crippen LogP) is 3.78. The Morgan fingerprint density at radius 3 is 2.59 bits per heavy atom. The number of ether oxygens (including phenoxy) is 2. The summed E-state index contributed by atoms with van der Waals surface area (Å²) in [5, 5.41) is 2.68. The number of benzene rings is 2. The Morgan fingerprint density at radius 2 is 1.93 bits per heavy atom. The molecule has 0 saturated heterocycles. The van der Waals surface area contributed by atoms with Gasteiger partial charge in [-0.2, -0.15) is 0 Å². The van der Waals surface area contributed by atoms with Crippen LogP contribution in [0.3, 0.4) is 0 Å². The van der Waals surface area contributed by atoms with E-state index in [1.807, 2.05) is 38.1 Å². The van der Waals surface area contributed by atoms with E-state index >= 15 is 0 Å². The zero-order valence-electron chi connectivity index (χ0n) is 15.4. The lowest BCUT2D eigenvalue weighted by molar-refractivity contribution is -0.129. The molecule has 1 aliphatic rings. The fraction of sp³-hybridized carbons (Fsp3) is 0.190. The number of nitrogens with one attached hydrogen (secondary N) is 1. The fourth-order valence-electron chi connectivity index (χ4n) is 2.54. The van der Waals surface area contributed by atoms with E-state index in [1.165, 1.54) is 6.92 Å². The third-order valence-electron chi connectivity index (χ3n) is 3.61. The summed E-state index contributed by atoms with van der Waals surface area (Å²) >= 11 is 0. The van der Waals surface area contributed by atoms with Gasteiger partial charge in [0.1, 0.15) is 5.75 Å². The molecular weight excluding hydrogens is 344 g/mol. The number of nitrogens with zero attached hydrogens (tertiary/aromatic N) is 1. The Bertz CT molecular complexity index is 927. The van der Waals surface area contributed by atoms with Gasteiger partial charge in [-0.05, 0) is 61.9 Å². The van der Waals surface area contributed by atoms with Gasteiger partial charge in [0.25, 0.3) is 0 Å². The van der Waals surface area contributed by atoms with Crippen LogP contribution in [-0.2, 0) is 14.3 Å². The highest BCUT2D eigenvalue weighted by molar-refractivity contribution is 6.13. The van der Waals surface area contributed by atoms with Crippen LogP contribution < -0.4 is 10.1 Å². The van der Waals surface area contributed by atoms with Crippen molar-refractivity contribution in [1.29, 1.82) is 0 Å². The van der Waals surface area contributed by atoms with Gasteiger partial charge >= 0.3 is 5.97 Å². The van der Waals surface area contributed by atoms with Gasteiger partial charge < -0.3 is 14.8 Å². The van der Waals surface area contributed by atoms with Crippen LogP contribution in [-0.4, -0.2) is 23.9 Å². The molecule has 1 heterocycles. The predicted molar refractivity (Wildman–Crippen MR) is 104 cm³/mol. The summed E-state index contributed by atoms with van der Waals surface area (Å²) in [6, 6.07) is 14.3. The van der Waals surface area contributed by atoms with Crippen molar-refractivity contribution in [3.63, 3.8) is 0 Å². The van der Waals surface area contributed by atoms with Crippen LogP contribution in [0.1, 0.15) is 31.9 Å². The number of hydrogen-bond donors (Lipinski definition) is 1. The van der Waals surface area contributed by atoms with Crippen LogP contribution in [0.15, 0.2) is 59.2 Å². The number of rotatable bonds is 5. The second-order valence-electron chi connectivity index (χ2n) is 6.33. The molecule has 0 aliphatic carbocycles. The first kappa shape index (κ1) is 18.4. The van der Waals surface area contributed by atoms with E-state index in [-0.39, 0.29) is 23.6 Å². The van der Waals surface area contributed by atoms with Gasteiger partial charge in [-0.15, -0.1) is 0 Å². The highest BCUT2D eigenvalue weighted by atomic mass is 16.6. The van der Waals surface area contributed by atoms with Crippen LogP contribution in [0.5, 0.6) is 5.75 Å². The monoisotopic (exact) mass is 364 g/mol. The molecule has 0 fully saturated rings. The Balaban J connectivity index is 1.81. The molecule has 6 nitrogen and oxygen atoms in total. The van der Waals surface area contributed by atoms with Crippen LogP contribution in [0.2, 0.25) is 0 Å². The van der Waals surface area contributed by atoms with E-state index in [9.17, 15) is 9.59 Å². The van der Waals surface area contributed by atoms with E-state index in [2.05, 4.69) is 10.3 Å². The number of carbonyl (C=O) groups is 2. The van der Waals surface area contributed by atoms with Crippen molar-refractivity contribution in [2.75, 3.05) is 5.32 Å². The number of carbonyl (C=O) groups excluding carboxylic acids is 2. The lowest BCUT2D eigenvalue weighted by Gasteiger charge is -2.09. The third-order valence-corrected chi connectivity index (χ3v) is 3.61. The molecule has 0 saturated carbocycles. The first-order valence-electron chi connectivity index (χ1n) is 8.58. The average molecular weight is 364 g/mol. The van der Waals surface area contributed by atoms with Crippen LogP contribution in [0.4, 0.5) is 5.69 Å². The molecule has 0 radical (unpaired) electrons. The van der Waals surface area contributed by atoms with E-state index < -0.39 is 5.97 Å². The summed E-state index contributed by atoms with van der Waals surface area (Å²) in [6.07, 6.45) is 1.73. The first-order chi connectivity index (χ1) is 12.9. The molecule has 0 atom stereocenters. The Kier molecular flexibility index (Phi) is 5.35. The molecule has 0 aromatic heterocycles. The summed E-state index contributed by atoms with van der Waals surface area (Å²) in [5.41, 5.74) is 2.33. The minimum absolute atomic E-state index is 0.0643. The molecule has 1 N–H and O–H groups in total. The van der Waals surface area contributed by atoms with Gasteiger partial charge in [-0.25, -0.2) is 9.79 Å². The lowest BCUT2D eigenvalue weighted by Crippen LogP contribution is -2.07. The van der Waals surface area contributed by atoms with Crippen molar-refractivity contribution < 1.29 is 19.1 Å². The number of esters is 1. The molecule has 2 aromatic carbocycles. The first-order valence-corrected chi connectivity index (χ1v) is 8.58. The zero-order chi connectivity index (χ0) is 19.4. The molecular formula is C21H20N2O4. The number of amides is 1. The standard InChI is InChI=1S/C21H20N2O4/c1-13(2)26-18-6-4-5-15(11-18)12-19-21(25)27-20(23-19)16-7-9-17(10-8-16)22-14(3)24/h4-13H,1-3H3,(H,22,24)/b19-12-. The largest absolute Gasteiger partial charge is 0.491 e.